The highest BCUT2D eigenvalue weighted by Gasteiger charge is 2.44. The Bertz CT molecular complexity index is 1440. The van der Waals surface area contributed by atoms with E-state index >= 15 is 0 Å². The normalized spacial score (nSPS) is 19.5. The maximum absolute atomic E-state index is 13.0. The second-order valence-corrected chi connectivity index (χ2v) is 20.3. The number of ether oxygens (including phenoxy) is 3. The fourth-order valence-electron chi connectivity index (χ4n) is 8.75. The van der Waals surface area contributed by atoms with E-state index in [1.165, 1.54) is 128 Å². The van der Waals surface area contributed by atoms with Gasteiger partial charge >= 0.3 is 5.97 Å². The van der Waals surface area contributed by atoms with Crippen LogP contribution >= 0.6 is 0 Å². The second kappa shape index (κ2) is 51.2. The fourth-order valence-corrected chi connectivity index (χ4v) is 8.75. The van der Waals surface area contributed by atoms with Gasteiger partial charge in [-0.15, -0.1) is 0 Å². The molecule has 11 heteroatoms. The zero-order chi connectivity index (χ0) is 53.1. The van der Waals surface area contributed by atoms with E-state index in [-0.39, 0.29) is 18.5 Å². The summed E-state index contributed by atoms with van der Waals surface area (Å²) in [4.78, 5) is 25.0. The molecule has 0 saturated carbocycles. The standard InChI is InChI=1S/C62H109NO10/c1-3-5-7-9-11-13-15-25-29-32-36-40-44-48-55(65)54(53-72-62-61(70)60(69)59(68)56(52-64)73-62)63-57(66)49-45-41-37-33-30-26-23-21-19-17-16-18-20-22-24-27-31-35-39-43-47-51-71-58(67)50-46-42-38-34-28-14-12-10-8-6-4-2/h10-13,27,29,31-32,39,43-44,48,54-56,59-62,64-65,68-70H,3-9,14-26,28,30,33-38,40-42,45-47,49-53H2,1-2H3,(H,63,66)/b12-10-,13-11+,31-27-,32-29+,43-39-,48-44+. The first-order valence-electron chi connectivity index (χ1n) is 29.7. The summed E-state index contributed by atoms with van der Waals surface area (Å²) >= 11 is 0. The zero-order valence-electron chi connectivity index (χ0n) is 46.3. The molecule has 1 aliphatic rings. The third-order valence-corrected chi connectivity index (χ3v) is 13.5. The molecule has 1 fully saturated rings. The summed E-state index contributed by atoms with van der Waals surface area (Å²) in [5.41, 5.74) is 0. The Morgan fingerprint density at radius 2 is 0.945 bits per heavy atom. The van der Waals surface area contributed by atoms with Crippen molar-refractivity contribution in [3.63, 3.8) is 0 Å². The molecular formula is C62H109NO10. The van der Waals surface area contributed by atoms with Crippen LogP contribution in [0.15, 0.2) is 72.9 Å². The summed E-state index contributed by atoms with van der Waals surface area (Å²) < 4.78 is 16.6. The van der Waals surface area contributed by atoms with Gasteiger partial charge in [-0.3, -0.25) is 9.59 Å². The molecule has 0 aromatic heterocycles. The molecule has 0 aliphatic carbocycles. The van der Waals surface area contributed by atoms with Crippen LogP contribution in [0.25, 0.3) is 0 Å². The minimum absolute atomic E-state index is 0.0614. The Labute approximate surface area is 445 Å². The van der Waals surface area contributed by atoms with Gasteiger partial charge in [-0.2, -0.15) is 0 Å². The topological polar surface area (TPSA) is 175 Å². The van der Waals surface area contributed by atoms with E-state index in [1.807, 2.05) is 6.08 Å². The lowest BCUT2D eigenvalue weighted by atomic mass is 9.99. The number of carbonyl (C=O) groups excluding carboxylic acids is 2. The number of aliphatic hydroxyl groups excluding tert-OH is 5. The number of aliphatic hydroxyl groups is 5. The summed E-state index contributed by atoms with van der Waals surface area (Å²) in [6.45, 7) is 4.12. The summed E-state index contributed by atoms with van der Waals surface area (Å²) in [5, 5.41) is 54.3. The first-order valence-corrected chi connectivity index (χ1v) is 29.7. The number of amides is 1. The van der Waals surface area contributed by atoms with Gasteiger partial charge in [0.25, 0.3) is 0 Å². The van der Waals surface area contributed by atoms with Crippen LogP contribution in [0.2, 0.25) is 0 Å². The van der Waals surface area contributed by atoms with E-state index in [4.69, 9.17) is 14.2 Å². The number of nitrogens with one attached hydrogen (secondary N) is 1. The first-order chi connectivity index (χ1) is 35.7. The molecule has 7 atom stereocenters. The molecule has 1 rings (SSSR count). The Morgan fingerprint density at radius 1 is 0.507 bits per heavy atom. The molecule has 1 saturated heterocycles. The van der Waals surface area contributed by atoms with Crippen LogP contribution < -0.4 is 5.32 Å². The highest BCUT2D eigenvalue weighted by atomic mass is 16.7. The van der Waals surface area contributed by atoms with Gasteiger partial charge in [-0.25, -0.2) is 0 Å². The van der Waals surface area contributed by atoms with Crippen molar-refractivity contribution >= 4 is 11.9 Å². The van der Waals surface area contributed by atoms with Crippen molar-refractivity contribution in [2.75, 3.05) is 19.8 Å². The minimum Gasteiger partial charge on any atom is -0.465 e. The van der Waals surface area contributed by atoms with E-state index < -0.39 is 49.5 Å². The predicted molar refractivity (Wildman–Crippen MR) is 301 cm³/mol. The van der Waals surface area contributed by atoms with Crippen molar-refractivity contribution in [3.05, 3.63) is 72.9 Å². The molecule has 0 spiro atoms. The third kappa shape index (κ3) is 41.0. The molecule has 1 amide bonds. The Hall–Kier alpha value is -2.90. The van der Waals surface area contributed by atoms with E-state index in [9.17, 15) is 35.1 Å². The lowest BCUT2D eigenvalue weighted by Crippen LogP contribution is -2.60. The van der Waals surface area contributed by atoms with Crippen LogP contribution in [-0.2, 0) is 23.8 Å². The van der Waals surface area contributed by atoms with Crippen molar-refractivity contribution in [3.8, 4) is 0 Å². The molecule has 1 heterocycles. The first kappa shape index (κ1) is 68.1. The van der Waals surface area contributed by atoms with E-state index in [0.717, 1.165) is 89.9 Å². The summed E-state index contributed by atoms with van der Waals surface area (Å²) in [6, 6.07) is -0.840. The average Bonchev–Trinajstić information content (AvgIpc) is 3.39. The van der Waals surface area contributed by atoms with Crippen LogP contribution in [0, 0.1) is 0 Å². The van der Waals surface area contributed by atoms with E-state index in [2.05, 4.69) is 79.9 Å². The summed E-state index contributed by atoms with van der Waals surface area (Å²) in [6.07, 6.45) is 57.2. The van der Waals surface area contributed by atoms with Gasteiger partial charge in [0.2, 0.25) is 5.91 Å². The number of unbranched alkanes of at least 4 members (excludes halogenated alkanes) is 26. The van der Waals surface area contributed by atoms with Crippen molar-refractivity contribution in [1.82, 2.24) is 5.32 Å². The zero-order valence-corrected chi connectivity index (χ0v) is 46.3. The monoisotopic (exact) mass is 1030 g/mol. The molecule has 73 heavy (non-hydrogen) atoms. The van der Waals surface area contributed by atoms with Crippen molar-refractivity contribution in [1.29, 1.82) is 0 Å². The molecule has 11 nitrogen and oxygen atoms in total. The number of carbonyl (C=O) groups is 2. The maximum atomic E-state index is 13.0. The molecule has 6 N–H and O–H groups in total. The predicted octanol–water partition coefficient (Wildman–Crippen LogP) is 13.6. The van der Waals surface area contributed by atoms with E-state index in [1.54, 1.807) is 6.08 Å². The third-order valence-electron chi connectivity index (χ3n) is 13.5. The molecule has 1 aliphatic heterocycles. The summed E-state index contributed by atoms with van der Waals surface area (Å²) in [7, 11) is 0. The van der Waals surface area contributed by atoms with Gasteiger partial charge in [0.15, 0.2) is 6.29 Å². The van der Waals surface area contributed by atoms with Gasteiger partial charge < -0.3 is 45.1 Å². The molecular weight excluding hydrogens is 919 g/mol. The summed E-state index contributed by atoms with van der Waals surface area (Å²) in [5.74, 6) is -0.265. The van der Waals surface area contributed by atoms with Crippen molar-refractivity contribution in [2.24, 2.45) is 0 Å². The van der Waals surface area contributed by atoms with Crippen molar-refractivity contribution in [2.45, 2.75) is 288 Å². The Kier molecular flexibility index (Phi) is 47.8. The SMILES string of the molecule is CCCC/C=C\CCCCCCCC(=O)OCC/C=C\C/C=C\CCCCCCCCCCCCCCCCC(=O)NC(COC1OC(CO)C(O)C(O)C1O)C(O)/C=C/CC/C=C/CC/C=C/CCCCC. The highest BCUT2D eigenvalue weighted by molar-refractivity contribution is 5.76. The fraction of sp³-hybridized carbons (Fsp3) is 0.774. The quantitative estimate of drug-likeness (QED) is 0.0195. The van der Waals surface area contributed by atoms with E-state index in [0.29, 0.717) is 19.4 Å². The van der Waals surface area contributed by atoms with Crippen LogP contribution in [-0.4, -0.2) is 100 Å². The molecule has 0 aromatic carbocycles. The number of rotatable bonds is 50. The van der Waals surface area contributed by atoms with Crippen LogP contribution in [0.5, 0.6) is 0 Å². The molecule has 0 bridgehead atoms. The number of esters is 1. The van der Waals surface area contributed by atoms with Gasteiger partial charge in [0.1, 0.15) is 24.4 Å². The Balaban J connectivity index is 2.12. The molecule has 422 valence electrons. The second-order valence-electron chi connectivity index (χ2n) is 20.3. The van der Waals surface area contributed by atoms with Crippen LogP contribution in [0.1, 0.15) is 245 Å². The maximum Gasteiger partial charge on any atom is 0.305 e. The van der Waals surface area contributed by atoms with Gasteiger partial charge in [-0.1, -0.05) is 209 Å². The number of hydrogen-bond donors (Lipinski definition) is 6. The average molecular weight is 1030 g/mol. The van der Waals surface area contributed by atoms with Crippen LogP contribution in [0.3, 0.4) is 0 Å². The van der Waals surface area contributed by atoms with Crippen LogP contribution in [0.4, 0.5) is 0 Å². The van der Waals surface area contributed by atoms with Gasteiger partial charge in [0.05, 0.1) is 32.0 Å². The minimum atomic E-state index is -1.58. The molecule has 7 unspecified atom stereocenters. The smallest absolute Gasteiger partial charge is 0.305 e. The molecule has 0 radical (unpaired) electrons. The lowest BCUT2D eigenvalue weighted by Gasteiger charge is -2.40. The van der Waals surface area contributed by atoms with Gasteiger partial charge in [-0.05, 0) is 96.3 Å². The van der Waals surface area contributed by atoms with Gasteiger partial charge in [0, 0.05) is 12.8 Å². The molecule has 0 aromatic rings. The number of hydrogen-bond acceptors (Lipinski definition) is 10. The largest absolute Gasteiger partial charge is 0.465 e. The number of allylic oxidation sites excluding steroid dienone is 10. The van der Waals surface area contributed by atoms with Crippen molar-refractivity contribution < 1.29 is 49.3 Å². The lowest BCUT2D eigenvalue weighted by molar-refractivity contribution is -0.302. The Morgan fingerprint density at radius 3 is 1.48 bits per heavy atom. The highest BCUT2D eigenvalue weighted by Crippen LogP contribution is 2.23.